The van der Waals surface area contributed by atoms with Crippen LogP contribution in [0.15, 0.2) is 90.0 Å². The largest absolute Gasteiger partial charge is 0.389 e. The summed E-state index contributed by atoms with van der Waals surface area (Å²) in [6, 6.07) is 25.9. The van der Waals surface area contributed by atoms with E-state index in [9.17, 15) is 4.79 Å². The molecule has 2 N–H and O–H groups in total. The van der Waals surface area contributed by atoms with E-state index in [2.05, 4.69) is 66.3 Å². The predicted molar refractivity (Wildman–Crippen MR) is 119 cm³/mol. The Bertz CT molecular complexity index is 1100. The van der Waals surface area contributed by atoms with Gasteiger partial charge in [0.2, 0.25) is 0 Å². The number of amides is 1. The molecule has 0 saturated carbocycles. The maximum atomic E-state index is 11.7. The van der Waals surface area contributed by atoms with Gasteiger partial charge in [-0.1, -0.05) is 48.5 Å². The minimum absolute atomic E-state index is 0.0244. The van der Waals surface area contributed by atoms with Gasteiger partial charge in [0.15, 0.2) is 0 Å². The maximum Gasteiger partial charge on any atom is 0.254 e. The smallest absolute Gasteiger partial charge is 0.254 e. The molecule has 4 aromatic rings. The van der Waals surface area contributed by atoms with E-state index in [0.717, 1.165) is 4.90 Å². The Kier molecular flexibility index (Phi) is 5.69. The van der Waals surface area contributed by atoms with Gasteiger partial charge in [0.05, 0.1) is 6.10 Å². The van der Waals surface area contributed by atoms with Crippen LogP contribution in [0, 0.1) is 0 Å². The van der Waals surface area contributed by atoms with E-state index in [1.165, 1.54) is 22.0 Å². The molecule has 5 rings (SSSR count). The average Bonchev–Trinajstić information content (AvgIpc) is 3.17. The number of aromatic nitrogens is 1. The first-order valence-electron chi connectivity index (χ1n) is 9.50. The highest BCUT2D eigenvalue weighted by Crippen LogP contribution is 2.27. The van der Waals surface area contributed by atoms with Gasteiger partial charge in [-0.15, -0.1) is 12.6 Å². The number of hydrogen-bond acceptors (Lipinski definition) is 3. The number of thiol groups is 1. The Labute approximate surface area is 175 Å². The molecule has 29 heavy (non-hydrogen) atoms. The number of nitrogens with zero attached hydrogens (tertiary/aromatic N) is 1. The lowest BCUT2D eigenvalue weighted by Gasteiger charge is -2.35. The molecule has 0 spiro atoms. The SMILES string of the molecule is O=C(c1ccc(S)cc1)N1CC(O)C1.c1ccc(-c2c[nH]c3ccccc23)cc1. The number of β-amino-alcohol motifs (C(OH)–C–C–N with tert-alkyl or cyclic N) is 1. The number of aliphatic hydroxyl groups excluding tert-OH is 1. The monoisotopic (exact) mass is 402 g/mol. The van der Waals surface area contributed by atoms with Gasteiger partial charge >= 0.3 is 0 Å². The maximum absolute atomic E-state index is 11.7. The lowest BCUT2D eigenvalue weighted by atomic mass is 10.1. The number of fused-ring (bicyclic) bond motifs is 1. The number of rotatable bonds is 2. The minimum atomic E-state index is -0.344. The molecular weight excluding hydrogens is 380 g/mol. The van der Waals surface area contributed by atoms with Crippen LogP contribution in [0.4, 0.5) is 0 Å². The van der Waals surface area contributed by atoms with Gasteiger partial charge < -0.3 is 15.0 Å². The highest BCUT2D eigenvalue weighted by molar-refractivity contribution is 7.80. The van der Waals surface area contributed by atoms with Gasteiger partial charge in [-0.25, -0.2) is 0 Å². The van der Waals surface area contributed by atoms with Crippen molar-refractivity contribution in [2.24, 2.45) is 0 Å². The summed E-state index contributed by atoms with van der Waals surface area (Å²) in [6.07, 6.45) is 1.73. The van der Waals surface area contributed by atoms with Gasteiger partial charge in [-0.2, -0.15) is 0 Å². The third kappa shape index (κ3) is 4.36. The molecule has 0 atom stereocenters. The van der Waals surface area contributed by atoms with Crippen molar-refractivity contribution in [1.29, 1.82) is 0 Å². The average molecular weight is 403 g/mol. The van der Waals surface area contributed by atoms with Crippen molar-refractivity contribution in [3.63, 3.8) is 0 Å². The third-order valence-electron chi connectivity index (χ3n) is 4.94. The molecule has 146 valence electrons. The van der Waals surface area contributed by atoms with E-state index in [4.69, 9.17) is 5.11 Å². The zero-order valence-corrected chi connectivity index (χ0v) is 16.7. The molecule has 1 aromatic heterocycles. The summed E-state index contributed by atoms with van der Waals surface area (Å²) in [5.41, 5.74) is 4.37. The van der Waals surface area contributed by atoms with Crippen LogP contribution >= 0.6 is 12.6 Å². The van der Waals surface area contributed by atoms with Crippen LogP contribution in [0.2, 0.25) is 0 Å². The van der Waals surface area contributed by atoms with Crippen LogP contribution in [0.5, 0.6) is 0 Å². The van der Waals surface area contributed by atoms with Crippen LogP contribution in [0.1, 0.15) is 10.4 Å². The van der Waals surface area contributed by atoms with Gasteiger partial charge in [-0.05, 0) is 35.9 Å². The Morgan fingerprint density at radius 2 is 1.59 bits per heavy atom. The molecule has 3 aromatic carbocycles. The second kappa shape index (κ2) is 8.55. The quantitative estimate of drug-likeness (QED) is 0.428. The van der Waals surface area contributed by atoms with Crippen LogP contribution < -0.4 is 0 Å². The van der Waals surface area contributed by atoms with Crippen molar-refractivity contribution in [1.82, 2.24) is 9.88 Å². The van der Waals surface area contributed by atoms with Crippen molar-refractivity contribution < 1.29 is 9.90 Å². The summed E-state index contributed by atoms with van der Waals surface area (Å²) in [4.78, 5) is 17.4. The molecule has 5 heteroatoms. The predicted octanol–water partition coefficient (Wildman–Crippen LogP) is 4.63. The topological polar surface area (TPSA) is 56.3 Å². The van der Waals surface area contributed by atoms with Crippen LogP contribution in [-0.4, -0.2) is 40.1 Å². The molecule has 1 saturated heterocycles. The molecule has 0 aliphatic carbocycles. The molecular formula is C24H22N2O2S. The van der Waals surface area contributed by atoms with Crippen molar-refractivity contribution in [2.45, 2.75) is 11.0 Å². The summed E-state index contributed by atoms with van der Waals surface area (Å²) >= 11 is 4.14. The molecule has 1 aliphatic heterocycles. The number of hydrogen-bond donors (Lipinski definition) is 3. The van der Waals surface area contributed by atoms with Gasteiger partial charge in [0.1, 0.15) is 0 Å². The highest BCUT2D eigenvalue weighted by atomic mass is 32.1. The van der Waals surface area contributed by atoms with E-state index in [0.29, 0.717) is 18.7 Å². The fraction of sp³-hybridized carbons (Fsp3) is 0.125. The Morgan fingerprint density at radius 1 is 0.931 bits per heavy atom. The fourth-order valence-electron chi connectivity index (χ4n) is 3.34. The molecule has 0 unspecified atom stereocenters. The number of benzene rings is 3. The number of aliphatic hydroxyl groups is 1. The molecule has 4 nitrogen and oxygen atoms in total. The molecule has 1 aliphatic rings. The van der Waals surface area contributed by atoms with Crippen molar-refractivity contribution in [2.75, 3.05) is 13.1 Å². The molecule has 0 bridgehead atoms. The number of likely N-dealkylation sites (tertiary alicyclic amines) is 1. The van der Waals surface area contributed by atoms with E-state index < -0.39 is 0 Å². The van der Waals surface area contributed by atoms with E-state index in [-0.39, 0.29) is 12.0 Å². The Hall–Kier alpha value is -3.02. The van der Waals surface area contributed by atoms with Gasteiger partial charge in [0.25, 0.3) is 5.91 Å². The van der Waals surface area contributed by atoms with Crippen molar-refractivity contribution in [3.8, 4) is 11.1 Å². The Morgan fingerprint density at radius 3 is 2.28 bits per heavy atom. The summed E-state index contributed by atoms with van der Waals surface area (Å²) in [6.45, 7) is 0.892. The van der Waals surface area contributed by atoms with E-state index in [1.54, 1.807) is 29.2 Å². The molecule has 0 radical (unpaired) electrons. The van der Waals surface area contributed by atoms with Gasteiger partial charge in [0, 0.05) is 46.2 Å². The first-order valence-corrected chi connectivity index (χ1v) is 9.94. The lowest BCUT2D eigenvalue weighted by Crippen LogP contribution is -2.53. The van der Waals surface area contributed by atoms with Gasteiger partial charge in [-0.3, -0.25) is 4.79 Å². The first kappa shape index (κ1) is 19.3. The number of para-hydroxylation sites is 1. The number of aromatic amines is 1. The fourth-order valence-corrected chi connectivity index (χ4v) is 3.48. The Balaban J connectivity index is 0.000000142. The summed E-state index contributed by atoms with van der Waals surface area (Å²) in [5.74, 6) is -0.0244. The minimum Gasteiger partial charge on any atom is -0.389 e. The van der Waals surface area contributed by atoms with E-state index in [1.807, 2.05) is 12.1 Å². The van der Waals surface area contributed by atoms with E-state index >= 15 is 0 Å². The summed E-state index contributed by atoms with van der Waals surface area (Å²) < 4.78 is 0. The van der Waals surface area contributed by atoms with Crippen molar-refractivity contribution in [3.05, 3.63) is 90.6 Å². The second-order valence-electron chi connectivity index (χ2n) is 7.02. The molecule has 1 fully saturated rings. The first-order chi connectivity index (χ1) is 14.1. The molecule has 1 amide bonds. The second-order valence-corrected chi connectivity index (χ2v) is 7.54. The molecule has 2 heterocycles. The zero-order chi connectivity index (χ0) is 20.2. The lowest BCUT2D eigenvalue weighted by molar-refractivity contribution is 0.00589. The normalized spacial score (nSPS) is 13.5. The number of H-pyrrole nitrogens is 1. The number of carbonyl (C=O) groups is 1. The number of carbonyl (C=O) groups excluding carboxylic acids is 1. The van der Waals surface area contributed by atoms with Crippen LogP contribution in [-0.2, 0) is 0 Å². The van der Waals surface area contributed by atoms with Crippen LogP contribution in [0.25, 0.3) is 22.0 Å². The third-order valence-corrected chi connectivity index (χ3v) is 5.24. The summed E-state index contributed by atoms with van der Waals surface area (Å²) in [7, 11) is 0. The van der Waals surface area contributed by atoms with Crippen molar-refractivity contribution >= 4 is 29.4 Å². The number of nitrogens with one attached hydrogen (secondary N) is 1. The van der Waals surface area contributed by atoms with Crippen LogP contribution in [0.3, 0.4) is 0 Å². The zero-order valence-electron chi connectivity index (χ0n) is 15.8. The summed E-state index contributed by atoms with van der Waals surface area (Å²) in [5, 5.41) is 10.3. The standard InChI is InChI=1S/C14H11N.C10H11NO2S/c1-2-6-11(7-3-1)13-10-15-14-9-5-4-8-12(13)14;12-8-5-11(6-8)10(13)7-1-3-9(14)4-2-7/h1-10,15H;1-4,8,12,14H,5-6H2. The highest BCUT2D eigenvalue weighted by Gasteiger charge is 2.29.